The van der Waals surface area contributed by atoms with Crippen LogP contribution in [0.2, 0.25) is 10.0 Å². The minimum Gasteiger partial charge on any atom is -0.493 e. The molecule has 0 aliphatic carbocycles. The zero-order valence-electron chi connectivity index (χ0n) is 28.7. The number of esters is 2. The molecule has 12 nitrogen and oxygen atoms in total. The van der Waals surface area contributed by atoms with Crippen molar-refractivity contribution in [1.82, 2.24) is 10.2 Å². The van der Waals surface area contributed by atoms with Crippen LogP contribution in [-0.2, 0) is 53.1 Å². The summed E-state index contributed by atoms with van der Waals surface area (Å²) in [6.45, 7) is 5.71. The molecule has 2 amide bonds. The summed E-state index contributed by atoms with van der Waals surface area (Å²) in [5.74, 6) is -2.15. The zero-order valence-corrected chi connectivity index (χ0v) is 31.8. The number of thioether (sulfide) groups is 1. The molecule has 0 saturated carbocycles. The monoisotopic (exact) mass is 790 g/mol. The first-order chi connectivity index (χ1) is 24.5. The minimum absolute atomic E-state index is 0.00104. The van der Waals surface area contributed by atoms with Crippen LogP contribution in [0.4, 0.5) is 0 Å². The molecular formula is C36H36Cl2N2O10S2. The maximum Gasteiger partial charge on any atom is 0.332 e. The van der Waals surface area contributed by atoms with Gasteiger partial charge in [-0.3, -0.25) is 19.2 Å². The standard InChI is InChI=1S/C36H36Cl2N2O10S2/c1-19-17-48-30-15-23(8-9-26(19)30)35(44)40-11-10-27-24(16-40)14-28(37)32(33(27)38)34(43)39-29(13-22-6-5-7-25(12-22)52(4,46)47)36(45)50-21(3)49-31(42)18-51-20(2)41/h5-9,12,14-15,19,21,29H,10-11,13,16-18H2,1-4H3,(H,39,43)/t19?,21?,29-/m0/s1. The number of rotatable bonds is 11. The van der Waals surface area contributed by atoms with Crippen LogP contribution in [0.1, 0.15) is 69.7 Å². The molecule has 2 unspecified atom stereocenters. The Morgan fingerprint density at radius 1 is 1.08 bits per heavy atom. The maximum atomic E-state index is 13.8. The van der Waals surface area contributed by atoms with E-state index in [4.69, 9.17) is 37.4 Å². The number of sulfone groups is 1. The average Bonchev–Trinajstić information content (AvgIpc) is 3.45. The van der Waals surface area contributed by atoms with Gasteiger partial charge in [-0.1, -0.05) is 60.1 Å². The van der Waals surface area contributed by atoms with Crippen molar-refractivity contribution in [3.63, 3.8) is 0 Å². The summed E-state index contributed by atoms with van der Waals surface area (Å²) in [7, 11) is -3.59. The smallest absolute Gasteiger partial charge is 0.332 e. The van der Waals surface area contributed by atoms with Crippen molar-refractivity contribution in [1.29, 1.82) is 0 Å². The Hall–Kier alpha value is -4.11. The first-order valence-corrected chi connectivity index (χ1v) is 19.8. The highest BCUT2D eigenvalue weighted by Crippen LogP contribution is 2.37. The lowest BCUT2D eigenvalue weighted by Gasteiger charge is -2.30. The Labute approximate surface area is 315 Å². The number of carbonyl (C=O) groups is 5. The van der Waals surface area contributed by atoms with Gasteiger partial charge in [0.15, 0.2) is 15.0 Å². The van der Waals surface area contributed by atoms with Crippen molar-refractivity contribution in [2.75, 3.05) is 25.2 Å². The number of carbonyl (C=O) groups excluding carboxylic acids is 5. The first kappa shape index (κ1) is 39.1. The van der Waals surface area contributed by atoms with Crippen molar-refractivity contribution in [3.8, 4) is 5.75 Å². The van der Waals surface area contributed by atoms with Gasteiger partial charge in [0.2, 0.25) is 6.29 Å². The fourth-order valence-electron chi connectivity index (χ4n) is 5.93. The van der Waals surface area contributed by atoms with E-state index >= 15 is 0 Å². The normalized spacial score (nSPS) is 16.1. The highest BCUT2D eigenvalue weighted by atomic mass is 35.5. The van der Waals surface area contributed by atoms with E-state index in [1.807, 2.05) is 6.07 Å². The van der Waals surface area contributed by atoms with Crippen LogP contribution in [0.5, 0.6) is 5.75 Å². The van der Waals surface area contributed by atoms with E-state index in [9.17, 15) is 32.4 Å². The third-order valence-corrected chi connectivity index (χ3v) is 11.1. The molecule has 5 rings (SSSR count). The predicted octanol–water partition coefficient (Wildman–Crippen LogP) is 5.14. The number of nitrogens with one attached hydrogen (secondary N) is 1. The molecule has 3 aromatic rings. The molecule has 0 aromatic heterocycles. The molecule has 0 bridgehead atoms. The predicted molar refractivity (Wildman–Crippen MR) is 195 cm³/mol. The quantitative estimate of drug-likeness (QED) is 0.202. The van der Waals surface area contributed by atoms with Gasteiger partial charge < -0.3 is 24.4 Å². The van der Waals surface area contributed by atoms with Gasteiger partial charge in [-0.2, -0.15) is 0 Å². The summed E-state index contributed by atoms with van der Waals surface area (Å²) in [5, 5.41) is 2.34. The molecule has 0 saturated heterocycles. The molecule has 52 heavy (non-hydrogen) atoms. The Bertz CT molecular complexity index is 2060. The Morgan fingerprint density at radius 3 is 2.54 bits per heavy atom. The van der Waals surface area contributed by atoms with E-state index < -0.39 is 40.0 Å². The molecule has 3 atom stereocenters. The van der Waals surface area contributed by atoms with Crippen molar-refractivity contribution in [2.45, 2.75) is 63.3 Å². The largest absolute Gasteiger partial charge is 0.493 e. The van der Waals surface area contributed by atoms with E-state index in [1.165, 1.54) is 32.0 Å². The van der Waals surface area contributed by atoms with Crippen LogP contribution >= 0.6 is 35.0 Å². The number of nitrogens with zero attached hydrogens (tertiary/aromatic N) is 1. The van der Waals surface area contributed by atoms with Crippen molar-refractivity contribution in [2.24, 2.45) is 0 Å². The van der Waals surface area contributed by atoms with Crippen LogP contribution in [0.15, 0.2) is 53.4 Å². The van der Waals surface area contributed by atoms with Gasteiger partial charge in [-0.25, -0.2) is 13.2 Å². The second-order valence-corrected chi connectivity index (χ2v) is 16.5. The first-order valence-electron chi connectivity index (χ1n) is 16.2. The molecule has 2 aliphatic heterocycles. The van der Waals surface area contributed by atoms with E-state index in [1.54, 1.807) is 29.2 Å². The number of hydrogen-bond donors (Lipinski definition) is 1. The summed E-state index contributed by atoms with van der Waals surface area (Å²) in [4.78, 5) is 65.7. The van der Waals surface area contributed by atoms with Gasteiger partial charge in [0.1, 0.15) is 11.8 Å². The molecule has 0 fully saturated rings. The number of ether oxygens (including phenoxy) is 3. The van der Waals surface area contributed by atoms with Crippen LogP contribution in [0.3, 0.4) is 0 Å². The molecule has 2 heterocycles. The second kappa shape index (κ2) is 16.3. The van der Waals surface area contributed by atoms with Crippen molar-refractivity contribution >= 4 is 73.7 Å². The third-order valence-electron chi connectivity index (χ3n) is 8.53. The summed E-state index contributed by atoms with van der Waals surface area (Å²) in [6, 6.07) is 11.4. The van der Waals surface area contributed by atoms with Gasteiger partial charge in [0, 0.05) is 56.7 Å². The number of hydrogen-bond acceptors (Lipinski definition) is 11. The summed E-state index contributed by atoms with van der Waals surface area (Å²) in [6.07, 6.45) is -0.232. The van der Waals surface area contributed by atoms with Gasteiger partial charge >= 0.3 is 11.9 Å². The second-order valence-electron chi connectivity index (χ2n) is 12.6. The minimum atomic E-state index is -3.59. The molecule has 16 heteroatoms. The number of halogens is 2. The van der Waals surface area contributed by atoms with Crippen LogP contribution in [0.25, 0.3) is 0 Å². The fraction of sp³-hybridized carbons (Fsp3) is 0.361. The maximum absolute atomic E-state index is 13.8. The Kier molecular flexibility index (Phi) is 12.2. The molecule has 0 radical (unpaired) electrons. The van der Waals surface area contributed by atoms with Gasteiger partial charge in [0.25, 0.3) is 11.8 Å². The van der Waals surface area contributed by atoms with Gasteiger partial charge in [-0.15, -0.1) is 0 Å². The average molecular weight is 792 g/mol. The number of amides is 2. The SMILES string of the molecule is CC(=O)SCC(=O)OC(C)OC(=O)[C@H](Cc1cccc(S(C)(=O)=O)c1)NC(=O)c1c(Cl)cc2c(c1Cl)CCN(C(=O)c1ccc3c(c1)OCC3C)C2. The Morgan fingerprint density at radius 2 is 1.83 bits per heavy atom. The van der Waals surface area contributed by atoms with E-state index in [2.05, 4.69) is 12.2 Å². The van der Waals surface area contributed by atoms with Crippen LogP contribution in [0, 0.1) is 0 Å². The molecular weight excluding hydrogens is 755 g/mol. The summed E-state index contributed by atoms with van der Waals surface area (Å²) >= 11 is 14.2. The molecule has 1 N–H and O–H groups in total. The fourth-order valence-corrected chi connectivity index (χ4v) is 7.78. The van der Waals surface area contributed by atoms with Crippen LogP contribution < -0.4 is 10.1 Å². The zero-order chi connectivity index (χ0) is 37.9. The molecule has 3 aromatic carbocycles. The van der Waals surface area contributed by atoms with Crippen molar-refractivity contribution in [3.05, 3.63) is 92.0 Å². The van der Waals surface area contributed by atoms with Gasteiger partial charge in [0.05, 0.1) is 32.9 Å². The highest BCUT2D eigenvalue weighted by molar-refractivity contribution is 8.14. The molecule has 2 aliphatic rings. The van der Waals surface area contributed by atoms with E-state index in [0.29, 0.717) is 47.6 Å². The van der Waals surface area contributed by atoms with Crippen molar-refractivity contribution < 1.29 is 46.6 Å². The summed E-state index contributed by atoms with van der Waals surface area (Å²) in [5.41, 5.74) is 3.10. The number of benzene rings is 3. The number of fused-ring (bicyclic) bond motifs is 2. The lowest BCUT2D eigenvalue weighted by Crippen LogP contribution is -2.45. The molecule has 276 valence electrons. The van der Waals surface area contributed by atoms with E-state index in [-0.39, 0.29) is 56.2 Å². The lowest BCUT2D eigenvalue weighted by atomic mass is 9.95. The topological polar surface area (TPSA) is 162 Å². The Balaban J connectivity index is 1.35. The third kappa shape index (κ3) is 9.27. The van der Waals surface area contributed by atoms with Crippen LogP contribution in [-0.4, -0.2) is 79.7 Å². The summed E-state index contributed by atoms with van der Waals surface area (Å²) < 4.78 is 40.5. The van der Waals surface area contributed by atoms with Gasteiger partial charge in [-0.05, 0) is 53.4 Å². The molecule has 0 spiro atoms. The highest BCUT2D eigenvalue weighted by Gasteiger charge is 2.32. The van der Waals surface area contributed by atoms with E-state index in [0.717, 1.165) is 23.6 Å². The lowest BCUT2D eigenvalue weighted by molar-refractivity contribution is -0.184.